The van der Waals surface area contributed by atoms with Gasteiger partial charge in [0.25, 0.3) is 0 Å². The van der Waals surface area contributed by atoms with Crippen LogP contribution in [0.4, 0.5) is 0 Å². The molecule has 100 valence electrons. The maximum atomic E-state index is 6.29. The molecule has 3 nitrogen and oxygen atoms in total. The van der Waals surface area contributed by atoms with Crippen molar-refractivity contribution in [2.45, 2.75) is 12.5 Å². The van der Waals surface area contributed by atoms with Crippen LogP contribution in [0.25, 0.3) is 0 Å². The standard InChI is InChI=1S/C16H19NO2/c1-18-15-10-6-9-13(16(15)19-2)14(17)11-12-7-4-3-5-8-12/h3-10,14H,11,17H2,1-2H3. The number of ether oxygens (including phenoxy) is 2. The van der Waals surface area contributed by atoms with Crippen LogP contribution in [0, 0.1) is 0 Å². The minimum atomic E-state index is -0.118. The van der Waals surface area contributed by atoms with Gasteiger partial charge < -0.3 is 15.2 Å². The van der Waals surface area contributed by atoms with Crippen LogP contribution in [0.5, 0.6) is 11.5 Å². The zero-order chi connectivity index (χ0) is 13.7. The lowest BCUT2D eigenvalue weighted by Gasteiger charge is -2.18. The van der Waals surface area contributed by atoms with Crippen LogP contribution >= 0.6 is 0 Å². The molecule has 3 heteroatoms. The maximum absolute atomic E-state index is 6.29. The zero-order valence-electron chi connectivity index (χ0n) is 11.3. The van der Waals surface area contributed by atoms with E-state index in [1.165, 1.54) is 5.56 Å². The summed E-state index contributed by atoms with van der Waals surface area (Å²) in [5.74, 6) is 1.43. The number of benzene rings is 2. The van der Waals surface area contributed by atoms with E-state index in [0.29, 0.717) is 11.5 Å². The zero-order valence-corrected chi connectivity index (χ0v) is 11.3. The normalized spacial score (nSPS) is 11.9. The van der Waals surface area contributed by atoms with Gasteiger partial charge in [-0.3, -0.25) is 0 Å². The summed E-state index contributed by atoms with van der Waals surface area (Å²) in [6, 6.07) is 15.9. The molecule has 0 aliphatic heterocycles. The SMILES string of the molecule is COc1cccc(C(N)Cc2ccccc2)c1OC. The molecule has 0 saturated carbocycles. The van der Waals surface area contributed by atoms with E-state index >= 15 is 0 Å². The molecular formula is C16H19NO2. The summed E-state index contributed by atoms with van der Waals surface area (Å²) in [4.78, 5) is 0. The van der Waals surface area contributed by atoms with Gasteiger partial charge in [0, 0.05) is 11.6 Å². The van der Waals surface area contributed by atoms with Gasteiger partial charge in [-0.05, 0) is 18.1 Å². The Balaban J connectivity index is 2.26. The predicted molar refractivity (Wildman–Crippen MR) is 76.6 cm³/mol. The van der Waals surface area contributed by atoms with Crippen molar-refractivity contribution in [2.24, 2.45) is 5.73 Å². The lowest BCUT2D eigenvalue weighted by molar-refractivity contribution is 0.349. The predicted octanol–water partition coefficient (Wildman–Crippen LogP) is 2.95. The Morgan fingerprint density at radius 3 is 2.32 bits per heavy atom. The quantitative estimate of drug-likeness (QED) is 0.895. The molecule has 0 saturated heterocycles. The number of rotatable bonds is 5. The Hall–Kier alpha value is -2.00. The first kappa shape index (κ1) is 13.4. The van der Waals surface area contributed by atoms with Crippen LogP contribution in [-0.4, -0.2) is 14.2 Å². The molecule has 0 bridgehead atoms. The van der Waals surface area contributed by atoms with Crippen molar-refractivity contribution in [1.82, 2.24) is 0 Å². The number of hydrogen-bond acceptors (Lipinski definition) is 3. The number of nitrogens with two attached hydrogens (primary N) is 1. The van der Waals surface area contributed by atoms with Gasteiger partial charge in [-0.25, -0.2) is 0 Å². The van der Waals surface area contributed by atoms with Crippen molar-refractivity contribution >= 4 is 0 Å². The Morgan fingerprint density at radius 1 is 0.947 bits per heavy atom. The first-order valence-corrected chi connectivity index (χ1v) is 6.26. The van der Waals surface area contributed by atoms with E-state index in [2.05, 4.69) is 12.1 Å². The third-order valence-corrected chi connectivity index (χ3v) is 3.13. The number of methoxy groups -OCH3 is 2. The fraction of sp³-hybridized carbons (Fsp3) is 0.250. The van der Waals surface area contributed by atoms with Crippen LogP contribution in [0.3, 0.4) is 0 Å². The van der Waals surface area contributed by atoms with Crippen LogP contribution < -0.4 is 15.2 Å². The van der Waals surface area contributed by atoms with E-state index in [-0.39, 0.29) is 6.04 Å². The van der Waals surface area contributed by atoms with Gasteiger partial charge in [-0.2, -0.15) is 0 Å². The van der Waals surface area contributed by atoms with Crippen LogP contribution in [0.15, 0.2) is 48.5 Å². The molecule has 0 heterocycles. The van der Waals surface area contributed by atoms with Crippen molar-refractivity contribution < 1.29 is 9.47 Å². The Labute approximate surface area is 114 Å². The lowest BCUT2D eigenvalue weighted by atomic mass is 9.98. The molecule has 0 aliphatic rings. The van der Waals surface area contributed by atoms with Crippen LogP contribution in [-0.2, 0) is 6.42 Å². The Bertz CT molecular complexity index is 526. The van der Waals surface area contributed by atoms with Crippen LogP contribution in [0.1, 0.15) is 17.2 Å². The smallest absolute Gasteiger partial charge is 0.165 e. The number of para-hydroxylation sites is 1. The topological polar surface area (TPSA) is 44.5 Å². The van der Waals surface area contributed by atoms with Gasteiger partial charge in [0.2, 0.25) is 0 Å². The summed E-state index contributed by atoms with van der Waals surface area (Å²) in [7, 11) is 3.26. The molecule has 2 N–H and O–H groups in total. The molecule has 0 aliphatic carbocycles. The first-order chi connectivity index (χ1) is 9.26. The van der Waals surface area contributed by atoms with Gasteiger partial charge in [0.05, 0.1) is 14.2 Å². The third kappa shape index (κ3) is 3.06. The lowest BCUT2D eigenvalue weighted by Crippen LogP contribution is -2.14. The highest BCUT2D eigenvalue weighted by Gasteiger charge is 2.16. The molecule has 0 amide bonds. The molecule has 0 radical (unpaired) electrons. The fourth-order valence-electron chi connectivity index (χ4n) is 2.18. The van der Waals surface area contributed by atoms with Crippen molar-refractivity contribution in [1.29, 1.82) is 0 Å². The summed E-state index contributed by atoms with van der Waals surface area (Å²) in [5.41, 5.74) is 8.46. The van der Waals surface area contributed by atoms with E-state index in [9.17, 15) is 0 Å². The highest BCUT2D eigenvalue weighted by atomic mass is 16.5. The summed E-state index contributed by atoms with van der Waals surface area (Å²) >= 11 is 0. The monoisotopic (exact) mass is 257 g/mol. The molecule has 2 aromatic rings. The van der Waals surface area contributed by atoms with E-state index < -0.39 is 0 Å². The van der Waals surface area contributed by atoms with E-state index in [0.717, 1.165) is 12.0 Å². The average molecular weight is 257 g/mol. The molecule has 2 aromatic carbocycles. The molecule has 19 heavy (non-hydrogen) atoms. The molecular weight excluding hydrogens is 238 g/mol. The second kappa shape index (κ2) is 6.25. The maximum Gasteiger partial charge on any atom is 0.165 e. The fourth-order valence-corrected chi connectivity index (χ4v) is 2.18. The van der Waals surface area contributed by atoms with Crippen LogP contribution in [0.2, 0.25) is 0 Å². The third-order valence-electron chi connectivity index (χ3n) is 3.13. The molecule has 0 aromatic heterocycles. The first-order valence-electron chi connectivity index (χ1n) is 6.26. The highest BCUT2D eigenvalue weighted by molar-refractivity contribution is 5.48. The molecule has 1 unspecified atom stereocenters. The van der Waals surface area contributed by atoms with E-state index in [1.54, 1.807) is 14.2 Å². The average Bonchev–Trinajstić information content (AvgIpc) is 2.47. The highest BCUT2D eigenvalue weighted by Crippen LogP contribution is 2.34. The Kier molecular flexibility index (Phi) is 4.42. The van der Waals surface area contributed by atoms with Crippen molar-refractivity contribution in [3.63, 3.8) is 0 Å². The number of hydrogen-bond donors (Lipinski definition) is 1. The van der Waals surface area contributed by atoms with Gasteiger partial charge in [0.15, 0.2) is 11.5 Å². The van der Waals surface area contributed by atoms with Gasteiger partial charge in [-0.1, -0.05) is 42.5 Å². The second-order valence-corrected chi connectivity index (χ2v) is 4.38. The molecule has 1 atom stereocenters. The minimum Gasteiger partial charge on any atom is -0.493 e. The van der Waals surface area contributed by atoms with Crippen molar-refractivity contribution in [3.05, 3.63) is 59.7 Å². The van der Waals surface area contributed by atoms with Crippen molar-refractivity contribution in [2.75, 3.05) is 14.2 Å². The van der Waals surface area contributed by atoms with E-state index in [4.69, 9.17) is 15.2 Å². The van der Waals surface area contributed by atoms with Crippen molar-refractivity contribution in [3.8, 4) is 11.5 Å². The minimum absolute atomic E-state index is 0.118. The van der Waals surface area contributed by atoms with Gasteiger partial charge in [0.1, 0.15) is 0 Å². The summed E-state index contributed by atoms with van der Waals surface area (Å²) < 4.78 is 10.7. The largest absolute Gasteiger partial charge is 0.493 e. The second-order valence-electron chi connectivity index (χ2n) is 4.38. The molecule has 0 fully saturated rings. The Morgan fingerprint density at radius 2 is 1.68 bits per heavy atom. The molecule has 2 rings (SSSR count). The van der Waals surface area contributed by atoms with E-state index in [1.807, 2.05) is 36.4 Å². The summed E-state index contributed by atoms with van der Waals surface area (Å²) in [5, 5.41) is 0. The van der Waals surface area contributed by atoms with Gasteiger partial charge >= 0.3 is 0 Å². The summed E-state index contributed by atoms with van der Waals surface area (Å²) in [6.07, 6.45) is 0.768. The van der Waals surface area contributed by atoms with Gasteiger partial charge in [-0.15, -0.1) is 0 Å². The molecule has 0 spiro atoms. The summed E-state index contributed by atoms with van der Waals surface area (Å²) in [6.45, 7) is 0.